The van der Waals surface area contributed by atoms with Gasteiger partial charge in [0.05, 0.1) is 0 Å². The van der Waals surface area contributed by atoms with Gasteiger partial charge in [-0.3, -0.25) is 9.59 Å². The molecule has 1 heterocycles. The third-order valence-corrected chi connectivity index (χ3v) is 3.48. The maximum atomic E-state index is 12.3. The van der Waals surface area contributed by atoms with Crippen molar-refractivity contribution >= 4 is 29.1 Å². The van der Waals surface area contributed by atoms with E-state index in [0.29, 0.717) is 22.8 Å². The first-order valence-corrected chi connectivity index (χ1v) is 7.00. The highest BCUT2D eigenvalue weighted by atomic mass is 35.5. The standard InChI is InChI=1S/C15H18ClN3O2/c1-15(2)8-11(17-3)12(14(21)19-15)13(20)18-10-6-4-9(16)5-7-10/h4-7,17H,8H2,1-3H3,(H,18,20)(H,19,21). The van der Waals surface area contributed by atoms with Crippen LogP contribution in [0.1, 0.15) is 20.3 Å². The zero-order valence-electron chi connectivity index (χ0n) is 12.2. The largest absolute Gasteiger partial charge is 0.391 e. The van der Waals surface area contributed by atoms with Crippen molar-refractivity contribution in [2.24, 2.45) is 0 Å². The maximum absolute atomic E-state index is 12.3. The number of halogens is 1. The Morgan fingerprint density at radius 2 is 1.90 bits per heavy atom. The molecule has 112 valence electrons. The number of carbonyl (C=O) groups is 2. The second kappa shape index (κ2) is 5.77. The minimum atomic E-state index is -0.435. The van der Waals surface area contributed by atoms with Crippen molar-refractivity contribution in [3.63, 3.8) is 0 Å². The average Bonchev–Trinajstić information content (AvgIpc) is 2.39. The Balaban J connectivity index is 2.26. The smallest absolute Gasteiger partial charge is 0.263 e. The van der Waals surface area contributed by atoms with E-state index < -0.39 is 5.91 Å². The van der Waals surface area contributed by atoms with Crippen LogP contribution in [0.3, 0.4) is 0 Å². The molecule has 21 heavy (non-hydrogen) atoms. The summed E-state index contributed by atoms with van der Waals surface area (Å²) in [5, 5.41) is 9.07. The summed E-state index contributed by atoms with van der Waals surface area (Å²) in [6, 6.07) is 6.72. The second-order valence-corrected chi connectivity index (χ2v) is 6.02. The molecular weight excluding hydrogens is 290 g/mol. The summed E-state index contributed by atoms with van der Waals surface area (Å²) in [6.07, 6.45) is 0.568. The van der Waals surface area contributed by atoms with Gasteiger partial charge in [0.1, 0.15) is 5.57 Å². The zero-order chi connectivity index (χ0) is 15.6. The minimum Gasteiger partial charge on any atom is -0.391 e. The maximum Gasteiger partial charge on any atom is 0.263 e. The molecule has 0 aliphatic carbocycles. The van der Waals surface area contributed by atoms with Crippen LogP contribution in [0.15, 0.2) is 35.5 Å². The van der Waals surface area contributed by atoms with Crippen LogP contribution in [0.25, 0.3) is 0 Å². The first-order chi connectivity index (χ1) is 9.82. The van der Waals surface area contributed by atoms with Crippen LogP contribution in [0.2, 0.25) is 5.02 Å². The molecule has 0 unspecified atom stereocenters. The Morgan fingerprint density at radius 1 is 1.29 bits per heavy atom. The number of hydrogen-bond donors (Lipinski definition) is 3. The molecule has 1 aromatic carbocycles. The van der Waals surface area contributed by atoms with Gasteiger partial charge in [-0.15, -0.1) is 0 Å². The summed E-state index contributed by atoms with van der Waals surface area (Å²) >= 11 is 5.80. The van der Waals surface area contributed by atoms with E-state index in [0.717, 1.165) is 0 Å². The van der Waals surface area contributed by atoms with Gasteiger partial charge in [0.2, 0.25) is 0 Å². The van der Waals surface area contributed by atoms with Gasteiger partial charge in [0.25, 0.3) is 11.8 Å². The molecule has 1 aromatic rings. The molecule has 0 atom stereocenters. The van der Waals surface area contributed by atoms with Gasteiger partial charge in [-0.1, -0.05) is 11.6 Å². The number of amides is 2. The van der Waals surface area contributed by atoms with Crippen LogP contribution >= 0.6 is 11.6 Å². The van der Waals surface area contributed by atoms with E-state index >= 15 is 0 Å². The Bertz CT molecular complexity index is 606. The monoisotopic (exact) mass is 307 g/mol. The molecule has 0 fully saturated rings. The van der Waals surface area contributed by atoms with Crippen LogP contribution in [0.4, 0.5) is 5.69 Å². The topological polar surface area (TPSA) is 70.2 Å². The van der Waals surface area contributed by atoms with E-state index in [2.05, 4.69) is 16.0 Å². The highest BCUT2D eigenvalue weighted by Gasteiger charge is 2.35. The Labute approximate surface area is 128 Å². The quantitative estimate of drug-likeness (QED) is 0.749. The van der Waals surface area contributed by atoms with Crippen LogP contribution in [0, 0.1) is 0 Å². The van der Waals surface area contributed by atoms with Gasteiger partial charge in [-0.25, -0.2) is 0 Å². The highest BCUT2D eigenvalue weighted by Crippen LogP contribution is 2.24. The van der Waals surface area contributed by atoms with Crippen LogP contribution < -0.4 is 16.0 Å². The normalized spacial score (nSPS) is 17.2. The predicted molar refractivity (Wildman–Crippen MR) is 83.0 cm³/mol. The van der Waals surface area contributed by atoms with Gasteiger partial charge >= 0.3 is 0 Å². The van der Waals surface area contributed by atoms with Crippen LogP contribution in [-0.4, -0.2) is 24.4 Å². The lowest BCUT2D eigenvalue weighted by Gasteiger charge is -2.33. The van der Waals surface area contributed by atoms with Gasteiger partial charge < -0.3 is 16.0 Å². The average molecular weight is 308 g/mol. The van der Waals surface area contributed by atoms with Crippen LogP contribution in [-0.2, 0) is 9.59 Å². The molecule has 1 aliphatic heterocycles. The van der Waals surface area contributed by atoms with Gasteiger partial charge in [-0.05, 0) is 38.1 Å². The number of benzene rings is 1. The molecular formula is C15H18ClN3O2. The van der Waals surface area contributed by atoms with Crippen molar-refractivity contribution in [3.05, 3.63) is 40.6 Å². The molecule has 0 saturated heterocycles. The first kappa shape index (κ1) is 15.4. The zero-order valence-corrected chi connectivity index (χ0v) is 13.0. The third kappa shape index (κ3) is 3.55. The van der Waals surface area contributed by atoms with Gasteiger partial charge in [0.15, 0.2) is 0 Å². The lowest BCUT2D eigenvalue weighted by atomic mass is 9.90. The number of nitrogens with one attached hydrogen (secondary N) is 3. The van der Waals surface area contributed by atoms with Crippen molar-refractivity contribution in [1.82, 2.24) is 10.6 Å². The van der Waals surface area contributed by atoms with Gasteiger partial charge in [-0.2, -0.15) is 0 Å². The lowest BCUT2D eigenvalue weighted by molar-refractivity contribution is -0.123. The highest BCUT2D eigenvalue weighted by molar-refractivity contribution is 6.30. The summed E-state index contributed by atoms with van der Waals surface area (Å²) in [5.74, 6) is -0.809. The minimum absolute atomic E-state index is 0.117. The summed E-state index contributed by atoms with van der Waals surface area (Å²) in [6.45, 7) is 3.83. The fraction of sp³-hybridized carbons (Fsp3) is 0.333. The second-order valence-electron chi connectivity index (χ2n) is 5.58. The Hall–Kier alpha value is -2.01. The summed E-state index contributed by atoms with van der Waals surface area (Å²) in [4.78, 5) is 24.5. The van der Waals surface area contributed by atoms with Crippen molar-refractivity contribution in [2.75, 3.05) is 12.4 Å². The Kier molecular flexibility index (Phi) is 4.23. The molecule has 0 spiro atoms. The number of anilines is 1. The third-order valence-electron chi connectivity index (χ3n) is 3.23. The number of rotatable bonds is 3. The molecule has 6 heteroatoms. The summed E-state index contributed by atoms with van der Waals surface area (Å²) < 4.78 is 0. The molecule has 1 aliphatic rings. The van der Waals surface area contributed by atoms with E-state index in [4.69, 9.17) is 11.6 Å². The lowest BCUT2D eigenvalue weighted by Crippen LogP contribution is -2.51. The van der Waals surface area contributed by atoms with E-state index in [1.165, 1.54) is 0 Å². The molecule has 3 N–H and O–H groups in total. The van der Waals surface area contributed by atoms with Gasteiger partial charge in [0, 0.05) is 35.4 Å². The fourth-order valence-corrected chi connectivity index (χ4v) is 2.39. The molecule has 0 saturated carbocycles. The number of carbonyl (C=O) groups excluding carboxylic acids is 2. The molecule has 0 radical (unpaired) electrons. The van der Waals surface area contributed by atoms with E-state index in [-0.39, 0.29) is 17.0 Å². The number of hydrogen-bond acceptors (Lipinski definition) is 3. The Morgan fingerprint density at radius 3 is 2.48 bits per heavy atom. The predicted octanol–water partition coefficient (Wildman–Crippen LogP) is 2.05. The van der Waals surface area contributed by atoms with E-state index in [9.17, 15) is 9.59 Å². The molecule has 0 bridgehead atoms. The van der Waals surface area contributed by atoms with Crippen LogP contribution in [0.5, 0.6) is 0 Å². The van der Waals surface area contributed by atoms with Crippen molar-refractivity contribution < 1.29 is 9.59 Å². The fourth-order valence-electron chi connectivity index (χ4n) is 2.26. The van der Waals surface area contributed by atoms with Crippen molar-refractivity contribution in [3.8, 4) is 0 Å². The molecule has 5 nitrogen and oxygen atoms in total. The van der Waals surface area contributed by atoms with E-state index in [1.54, 1.807) is 31.3 Å². The molecule has 2 rings (SSSR count). The summed E-state index contributed by atoms with van der Waals surface area (Å²) in [5.41, 5.74) is 0.964. The molecule has 0 aromatic heterocycles. The van der Waals surface area contributed by atoms with E-state index in [1.807, 2.05) is 13.8 Å². The molecule has 2 amide bonds. The van der Waals surface area contributed by atoms with Crippen molar-refractivity contribution in [1.29, 1.82) is 0 Å². The summed E-state index contributed by atoms with van der Waals surface area (Å²) in [7, 11) is 1.71. The van der Waals surface area contributed by atoms with Crippen molar-refractivity contribution in [2.45, 2.75) is 25.8 Å². The first-order valence-electron chi connectivity index (χ1n) is 6.63. The SMILES string of the molecule is CNC1=C(C(=O)Nc2ccc(Cl)cc2)C(=O)NC(C)(C)C1.